The van der Waals surface area contributed by atoms with E-state index in [-0.39, 0.29) is 36.1 Å². The van der Waals surface area contributed by atoms with E-state index in [1.807, 2.05) is 20.0 Å². The van der Waals surface area contributed by atoms with Crippen LogP contribution in [0.5, 0.6) is 0 Å². The number of pyridine rings is 1. The molecule has 164 valence electrons. The summed E-state index contributed by atoms with van der Waals surface area (Å²) in [6.07, 6.45) is 2.62. The number of aliphatic hydroxyl groups is 1. The van der Waals surface area contributed by atoms with Crippen LogP contribution in [0.15, 0.2) is 30.5 Å². The molecule has 2 fully saturated rings. The zero-order valence-corrected chi connectivity index (χ0v) is 17.8. The number of piperazine rings is 1. The van der Waals surface area contributed by atoms with Gasteiger partial charge >= 0.3 is 0 Å². The maximum atomic E-state index is 14.8. The van der Waals surface area contributed by atoms with E-state index < -0.39 is 11.9 Å². The van der Waals surface area contributed by atoms with Gasteiger partial charge in [-0.2, -0.15) is 0 Å². The number of anilines is 2. The van der Waals surface area contributed by atoms with Crippen molar-refractivity contribution in [1.82, 2.24) is 9.88 Å². The number of amides is 2. The van der Waals surface area contributed by atoms with Crippen LogP contribution in [-0.2, 0) is 4.79 Å². The van der Waals surface area contributed by atoms with Crippen molar-refractivity contribution in [1.29, 1.82) is 0 Å². The number of halogens is 1. The largest absolute Gasteiger partial charge is 0.394 e. The summed E-state index contributed by atoms with van der Waals surface area (Å²) in [4.78, 5) is 34.8. The number of rotatable bonds is 4. The monoisotopic (exact) mass is 426 g/mol. The van der Waals surface area contributed by atoms with E-state index in [1.165, 1.54) is 17.0 Å². The minimum atomic E-state index is -0.627. The van der Waals surface area contributed by atoms with Crippen molar-refractivity contribution in [2.75, 3.05) is 42.6 Å². The number of benzene rings is 1. The second kappa shape index (κ2) is 8.63. The number of aryl methyl sites for hydroxylation is 2. The van der Waals surface area contributed by atoms with Crippen LogP contribution >= 0.6 is 0 Å². The SMILES string of the molecule is Cc1cnc(N2CCN(C(=O)c3ccc(N4C(=O)CC[C@H]4CO)c(F)c3)CC2)c(C)c1. The molecule has 1 aromatic carbocycles. The summed E-state index contributed by atoms with van der Waals surface area (Å²) in [5, 5.41) is 9.47. The van der Waals surface area contributed by atoms with Crippen LogP contribution in [0.3, 0.4) is 0 Å². The highest BCUT2D eigenvalue weighted by Crippen LogP contribution is 2.30. The van der Waals surface area contributed by atoms with Crippen LogP contribution in [0.25, 0.3) is 0 Å². The minimum Gasteiger partial charge on any atom is -0.394 e. The lowest BCUT2D eigenvalue weighted by molar-refractivity contribution is -0.117. The molecule has 2 aliphatic heterocycles. The first-order valence-electron chi connectivity index (χ1n) is 10.6. The molecule has 7 nitrogen and oxygen atoms in total. The average molecular weight is 426 g/mol. The van der Waals surface area contributed by atoms with Gasteiger partial charge in [-0.3, -0.25) is 9.59 Å². The van der Waals surface area contributed by atoms with Crippen molar-refractivity contribution in [3.8, 4) is 0 Å². The molecular formula is C23H27FN4O3. The van der Waals surface area contributed by atoms with E-state index in [0.717, 1.165) is 16.9 Å². The molecule has 0 bridgehead atoms. The Morgan fingerprint density at radius 2 is 1.94 bits per heavy atom. The molecule has 2 saturated heterocycles. The van der Waals surface area contributed by atoms with Gasteiger partial charge in [0.25, 0.3) is 5.91 Å². The highest BCUT2D eigenvalue weighted by Gasteiger charge is 2.33. The molecule has 2 amide bonds. The van der Waals surface area contributed by atoms with Crippen LogP contribution in [0, 0.1) is 19.7 Å². The molecule has 3 heterocycles. The molecule has 0 unspecified atom stereocenters. The fourth-order valence-electron chi connectivity index (χ4n) is 4.43. The van der Waals surface area contributed by atoms with Crippen molar-refractivity contribution in [3.63, 3.8) is 0 Å². The molecule has 1 N–H and O–H groups in total. The summed E-state index contributed by atoms with van der Waals surface area (Å²) in [6.45, 7) is 6.18. The molecule has 1 aromatic heterocycles. The maximum absolute atomic E-state index is 14.8. The lowest BCUT2D eigenvalue weighted by Crippen LogP contribution is -2.49. The zero-order chi connectivity index (χ0) is 22.1. The van der Waals surface area contributed by atoms with Gasteiger partial charge < -0.3 is 19.8 Å². The molecule has 0 aliphatic carbocycles. The van der Waals surface area contributed by atoms with Crippen molar-refractivity contribution < 1.29 is 19.1 Å². The Balaban J connectivity index is 1.44. The second-order valence-corrected chi connectivity index (χ2v) is 8.24. The van der Waals surface area contributed by atoms with E-state index in [9.17, 15) is 19.1 Å². The Morgan fingerprint density at radius 3 is 2.58 bits per heavy atom. The molecule has 2 aliphatic rings. The van der Waals surface area contributed by atoms with Gasteiger partial charge in [0.2, 0.25) is 5.91 Å². The third-order valence-electron chi connectivity index (χ3n) is 6.04. The minimum absolute atomic E-state index is 0.115. The molecule has 8 heteroatoms. The third-order valence-corrected chi connectivity index (χ3v) is 6.04. The van der Waals surface area contributed by atoms with Gasteiger partial charge in [0.1, 0.15) is 11.6 Å². The molecule has 31 heavy (non-hydrogen) atoms. The second-order valence-electron chi connectivity index (χ2n) is 8.24. The standard InChI is InChI=1S/C23H27FN4O3/c1-15-11-16(2)22(25-13-15)26-7-9-27(10-8-26)23(31)17-3-5-20(19(24)12-17)28-18(14-29)4-6-21(28)30/h3,5,11-13,18,29H,4,6-10,14H2,1-2H3/t18-/m0/s1. The van der Waals surface area contributed by atoms with E-state index in [0.29, 0.717) is 32.6 Å². The first-order chi connectivity index (χ1) is 14.9. The summed E-state index contributed by atoms with van der Waals surface area (Å²) >= 11 is 0. The fraction of sp³-hybridized carbons (Fsp3) is 0.435. The Kier molecular flexibility index (Phi) is 5.91. The van der Waals surface area contributed by atoms with Crippen LogP contribution in [0.4, 0.5) is 15.9 Å². The van der Waals surface area contributed by atoms with Gasteiger partial charge in [-0.05, 0) is 49.6 Å². The first kappa shape index (κ1) is 21.2. The van der Waals surface area contributed by atoms with Crippen LogP contribution in [0.2, 0.25) is 0 Å². The number of nitrogens with zero attached hydrogens (tertiary/aromatic N) is 4. The summed E-state index contributed by atoms with van der Waals surface area (Å²) in [6, 6.07) is 5.88. The van der Waals surface area contributed by atoms with E-state index in [1.54, 1.807) is 11.0 Å². The van der Waals surface area contributed by atoms with Crippen LogP contribution < -0.4 is 9.80 Å². The van der Waals surface area contributed by atoms with Crippen molar-refractivity contribution >= 4 is 23.3 Å². The Morgan fingerprint density at radius 1 is 1.19 bits per heavy atom. The topological polar surface area (TPSA) is 77.0 Å². The predicted molar refractivity (Wildman–Crippen MR) is 116 cm³/mol. The first-order valence-corrected chi connectivity index (χ1v) is 10.6. The lowest BCUT2D eigenvalue weighted by atomic mass is 10.1. The molecule has 2 aromatic rings. The summed E-state index contributed by atoms with van der Waals surface area (Å²) in [5.74, 6) is -0.141. The number of hydrogen-bond donors (Lipinski definition) is 1. The average Bonchev–Trinajstić information content (AvgIpc) is 3.13. The van der Waals surface area contributed by atoms with E-state index in [2.05, 4.69) is 16.0 Å². The molecule has 0 spiro atoms. The quantitative estimate of drug-likeness (QED) is 0.812. The van der Waals surface area contributed by atoms with Crippen molar-refractivity contribution in [2.45, 2.75) is 32.7 Å². The highest BCUT2D eigenvalue weighted by molar-refractivity contribution is 5.98. The highest BCUT2D eigenvalue weighted by atomic mass is 19.1. The predicted octanol–water partition coefficient (Wildman–Crippen LogP) is 2.29. The Hall–Kier alpha value is -3.00. The molecule has 0 radical (unpaired) electrons. The van der Waals surface area contributed by atoms with Gasteiger partial charge in [0, 0.05) is 44.4 Å². The van der Waals surface area contributed by atoms with Crippen molar-refractivity contribution in [3.05, 3.63) is 53.0 Å². The number of carbonyl (C=O) groups is 2. The van der Waals surface area contributed by atoms with Gasteiger partial charge in [-0.15, -0.1) is 0 Å². The number of hydrogen-bond acceptors (Lipinski definition) is 5. The Bertz CT molecular complexity index is 1000. The number of aromatic nitrogens is 1. The zero-order valence-electron chi connectivity index (χ0n) is 17.8. The molecule has 1 atom stereocenters. The van der Waals surface area contributed by atoms with E-state index in [4.69, 9.17) is 0 Å². The number of carbonyl (C=O) groups excluding carboxylic acids is 2. The lowest BCUT2D eigenvalue weighted by Gasteiger charge is -2.36. The molecule has 4 rings (SSSR count). The van der Waals surface area contributed by atoms with Crippen LogP contribution in [0.1, 0.15) is 34.3 Å². The third kappa shape index (κ3) is 4.12. The molecule has 0 saturated carbocycles. The maximum Gasteiger partial charge on any atom is 0.254 e. The van der Waals surface area contributed by atoms with Crippen molar-refractivity contribution in [2.24, 2.45) is 0 Å². The Labute approximate surface area is 181 Å². The summed E-state index contributed by atoms with van der Waals surface area (Å²) < 4.78 is 14.8. The van der Waals surface area contributed by atoms with Gasteiger partial charge in [-0.1, -0.05) is 6.07 Å². The van der Waals surface area contributed by atoms with Gasteiger partial charge in [0.15, 0.2) is 0 Å². The fourth-order valence-corrected chi connectivity index (χ4v) is 4.43. The molecular weight excluding hydrogens is 399 g/mol. The van der Waals surface area contributed by atoms with Gasteiger partial charge in [-0.25, -0.2) is 9.37 Å². The summed E-state index contributed by atoms with van der Waals surface area (Å²) in [5.41, 5.74) is 2.59. The van der Waals surface area contributed by atoms with Crippen LogP contribution in [-0.4, -0.2) is 65.6 Å². The normalized spacial score (nSPS) is 19.3. The number of aliphatic hydroxyl groups excluding tert-OH is 1. The smallest absolute Gasteiger partial charge is 0.254 e. The van der Waals surface area contributed by atoms with E-state index >= 15 is 0 Å². The van der Waals surface area contributed by atoms with Gasteiger partial charge in [0.05, 0.1) is 18.3 Å². The summed E-state index contributed by atoms with van der Waals surface area (Å²) in [7, 11) is 0.